The highest BCUT2D eigenvalue weighted by molar-refractivity contribution is 7.89. The van der Waals surface area contributed by atoms with Crippen LogP contribution >= 0.6 is 0 Å². The molecule has 0 radical (unpaired) electrons. The molecule has 0 aromatic carbocycles. The van der Waals surface area contributed by atoms with Gasteiger partial charge in [0.2, 0.25) is 10.0 Å². The molecule has 1 aliphatic rings. The van der Waals surface area contributed by atoms with Crippen molar-refractivity contribution in [1.29, 1.82) is 0 Å². The van der Waals surface area contributed by atoms with Crippen LogP contribution in [-0.2, 0) is 19.6 Å². The molecule has 17 heavy (non-hydrogen) atoms. The van der Waals surface area contributed by atoms with Crippen molar-refractivity contribution in [3.63, 3.8) is 0 Å². The van der Waals surface area contributed by atoms with Crippen LogP contribution in [0.3, 0.4) is 0 Å². The second-order valence-electron chi connectivity index (χ2n) is 3.99. The van der Waals surface area contributed by atoms with Gasteiger partial charge < -0.3 is 4.74 Å². The predicted molar refractivity (Wildman–Crippen MR) is 64.9 cm³/mol. The Balaban J connectivity index is 2.51. The van der Waals surface area contributed by atoms with Gasteiger partial charge in [-0.15, -0.1) is 6.58 Å². The summed E-state index contributed by atoms with van der Waals surface area (Å²) in [5.41, 5.74) is 0. The number of nitrogens with zero attached hydrogens (tertiary/aromatic N) is 1. The molecule has 5 nitrogen and oxygen atoms in total. The van der Waals surface area contributed by atoms with E-state index in [1.165, 1.54) is 10.4 Å². The van der Waals surface area contributed by atoms with Crippen molar-refractivity contribution in [2.45, 2.75) is 19.8 Å². The molecule has 0 aliphatic carbocycles. The first-order valence-corrected chi connectivity index (χ1v) is 7.37. The predicted octanol–water partition coefficient (Wildman–Crippen LogP) is 0.777. The van der Waals surface area contributed by atoms with E-state index in [1.807, 2.05) is 0 Å². The summed E-state index contributed by atoms with van der Waals surface area (Å²) < 4.78 is 29.8. The van der Waals surface area contributed by atoms with Crippen LogP contribution in [0.25, 0.3) is 0 Å². The van der Waals surface area contributed by atoms with Crippen molar-refractivity contribution in [2.75, 3.05) is 25.4 Å². The molecule has 0 atom stereocenters. The summed E-state index contributed by atoms with van der Waals surface area (Å²) in [6.45, 7) is 6.34. The van der Waals surface area contributed by atoms with Crippen molar-refractivity contribution in [2.24, 2.45) is 5.92 Å². The summed E-state index contributed by atoms with van der Waals surface area (Å²) in [4.78, 5) is 11.5. The maximum Gasteiger partial charge on any atom is 0.309 e. The van der Waals surface area contributed by atoms with Crippen molar-refractivity contribution in [1.82, 2.24) is 4.31 Å². The highest BCUT2D eigenvalue weighted by atomic mass is 32.2. The van der Waals surface area contributed by atoms with Crippen LogP contribution in [0.1, 0.15) is 19.8 Å². The minimum absolute atomic E-state index is 0.0446. The lowest BCUT2D eigenvalue weighted by molar-refractivity contribution is -0.149. The molecule has 0 aromatic heterocycles. The van der Waals surface area contributed by atoms with Crippen LogP contribution in [0.15, 0.2) is 12.7 Å². The van der Waals surface area contributed by atoms with Crippen LogP contribution in [-0.4, -0.2) is 44.1 Å². The zero-order valence-electron chi connectivity index (χ0n) is 10.1. The first-order chi connectivity index (χ1) is 8.01. The van der Waals surface area contributed by atoms with Gasteiger partial charge >= 0.3 is 5.97 Å². The molecular weight excluding hydrogens is 242 g/mol. The minimum Gasteiger partial charge on any atom is -0.466 e. The average molecular weight is 261 g/mol. The Kier molecular flexibility index (Phi) is 5.14. The Hall–Kier alpha value is -0.880. The minimum atomic E-state index is -3.23. The fourth-order valence-corrected chi connectivity index (χ4v) is 3.16. The number of rotatable bonds is 5. The van der Waals surface area contributed by atoms with Gasteiger partial charge in [-0.25, -0.2) is 12.7 Å². The normalized spacial score (nSPS) is 18.9. The first-order valence-electron chi connectivity index (χ1n) is 5.76. The fraction of sp³-hybridized carbons (Fsp3) is 0.727. The van der Waals surface area contributed by atoms with Gasteiger partial charge in [0, 0.05) is 13.1 Å². The molecule has 98 valence electrons. The number of piperidine rings is 1. The largest absolute Gasteiger partial charge is 0.466 e. The van der Waals surface area contributed by atoms with E-state index in [2.05, 4.69) is 6.58 Å². The molecular formula is C11H19NO4S. The summed E-state index contributed by atoms with van der Waals surface area (Å²) >= 11 is 0. The van der Waals surface area contributed by atoms with E-state index in [0.29, 0.717) is 32.5 Å². The van der Waals surface area contributed by atoms with E-state index >= 15 is 0 Å². The monoisotopic (exact) mass is 261 g/mol. The quantitative estimate of drug-likeness (QED) is 0.542. The molecule has 1 heterocycles. The van der Waals surface area contributed by atoms with Gasteiger partial charge in [0.25, 0.3) is 0 Å². The lowest BCUT2D eigenvalue weighted by atomic mass is 9.98. The molecule has 1 saturated heterocycles. The summed E-state index contributed by atoms with van der Waals surface area (Å²) in [6.07, 6.45) is 2.46. The summed E-state index contributed by atoms with van der Waals surface area (Å²) in [7, 11) is -3.23. The number of sulfonamides is 1. The SMILES string of the molecule is C=CCS(=O)(=O)N1CCC(C(=O)OCC)CC1. The van der Waals surface area contributed by atoms with E-state index in [4.69, 9.17) is 4.74 Å². The Labute approximate surface area is 102 Å². The molecule has 0 bridgehead atoms. The van der Waals surface area contributed by atoms with E-state index in [9.17, 15) is 13.2 Å². The van der Waals surface area contributed by atoms with Gasteiger partial charge in [0.1, 0.15) is 0 Å². The van der Waals surface area contributed by atoms with Gasteiger partial charge in [0.05, 0.1) is 18.3 Å². The second kappa shape index (κ2) is 6.16. The molecule has 0 N–H and O–H groups in total. The number of esters is 1. The summed E-state index contributed by atoms with van der Waals surface area (Å²) in [5.74, 6) is -0.421. The third-order valence-corrected chi connectivity index (χ3v) is 4.60. The van der Waals surface area contributed by atoms with Crippen molar-refractivity contribution < 1.29 is 17.9 Å². The molecule has 6 heteroatoms. The van der Waals surface area contributed by atoms with Crippen molar-refractivity contribution in [3.8, 4) is 0 Å². The Morgan fingerprint density at radius 3 is 2.53 bits per heavy atom. The summed E-state index contributed by atoms with van der Waals surface area (Å²) in [5, 5.41) is 0. The molecule has 0 spiro atoms. The zero-order valence-corrected chi connectivity index (χ0v) is 10.9. The topological polar surface area (TPSA) is 63.7 Å². The highest BCUT2D eigenvalue weighted by Gasteiger charge is 2.30. The maximum absolute atomic E-state index is 11.7. The van der Waals surface area contributed by atoms with Crippen molar-refractivity contribution in [3.05, 3.63) is 12.7 Å². The Morgan fingerprint density at radius 1 is 1.47 bits per heavy atom. The molecule has 1 fully saturated rings. The van der Waals surface area contributed by atoms with Gasteiger partial charge in [-0.05, 0) is 19.8 Å². The highest BCUT2D eigenvalue weighted by Crippen LogP contribution is 2.21. The molecule has 0 aromatic rings. The van der Waals surface area contributed by atoms with Crippen LogP contribution in [0.2, 0.25) is 0 Å². The third-order valence-electron chi connectivity index (χ3n) is 2.80. The van der Waals surface area contributed by atoms with Crippen molar-refractivity contribution >= 4 is 16.0 Å². The van der Waals surface area contributed by atoms with E-state index in [0.717, 1.165) is 0 Å². The van der Waals surface area contributed by atoms with E-state index in [1.54, 1.807) is 6.92 Å². The lowest BCUT2D eigenvalue weighted by Gasteiger charge is -2.29. The molecule has 0 saturated carbocycles. The van der Waals surface area contributed by atoms with Gasteiger partial charge in [-0.3, -0.25) is 4.79 Å². The van der Waals surface area contributed by atoms with Crippen LogP contribution in [0.5, 0.6) is 0 Å². The van der Waals surface area contributed by atoms with E-state index in [-0.39, 0.29) is 17.6 Å². The molecule has 1 aliphatic heterocycles. The van der Waals surface area contributed by atoms with Gasteiger partial charge in [0.15, 0.2) is 0 Å². The number of ether oxygens (including phenoxy) is 1. The van der Waals surface area contributed by atoms with Crippen LogP contribution in [0.4, 0.5) is 0 Å². The standard InChI is InChI=1S/C11H19NO4S/c1-3-9-17(14,15)12-7-5-10(6-8-12)11(13)16-4-2/h3,10H,1,4-9H2,2H3. The van der Waals surface area contributed by atoms with E-state index < -0.39 is 10.0 Å². The first kappa shape index (κ1) is 14.2. The average Bonchev–Trinajstić information content (AvgIpc) is 2.29. The number of hydrogen-bond donors (Lipinski definition) is 0. The Bertz CT molecular complexity index is 369. The number of carbonyl (C=O) groups is 1. The molecule has 0 amide bonds. The number of carbonyl (C=O) groups excluding carboxylic acids is 1. The van der Waals surface area contributed by atoms with Crippen LogP contribution < -0.4 is 0 Å². The smallest absolute Gasteiger partial charge is 0.309 e. The lowest BCUT2D eigenvalue weighted by Crippen LogP contribution is -2.41. The van der Waals surface area contributed by atoms with Gasteiger partial charge in [-0.1, -0.05) is 6.08 Å². The van der Waals surface area contributed by atoms with Gasteiger partial charge in [-0.2, -0.15) is 0 Å². The maximum atomic E-state index is 11.7. The second-order valence-corrected chi connectivity index (χ2v) is 6.01. The molecule has 0 unspecified atom stereocenters. The van der Waals surface area contributed by atoms with Crippen LogP contribution in [0, 0.1) is 5.92 Å². The fourth-order valence-electron chi connectivity index (χ4n) is 1.88. The third kappa shape index (κ3) is 3.81. The zero-order chi connectivity index (χ0) is 12.9. The molecule has 1 rings (SSSR count). The summed E-state index contributed by atoms with van der Waals surface area (Å²) in [6, 6.07) is 0. The Morgan fingerprint density at radius 2 is 2.06 bits per heavy atom. The number of hydrogen-bond acceptors (Lipinski definition) is 4.